The van der Waals surface area contributed by atoms with E-state index in [0.29, 0.717) is 17.2 Å². The molecule has 0 saturated heterocycles. The van der Waals surface area contributed by atoms with Gasteiger partial charge in [-0.05, 0) is 31.6 Å². The molecule has 0 heterocycles. The molecule has 0 aliphatic rings. The van der Waals surface area contributed by atoms with E-state index in [9.17, 15) is 0 Å². The number of hydrogen-bond donors (Lipinski definition) is 0. The maximum absolute atomic E-state index is 6.12. The van der Waals surface area contributed by atoms with Crippen molar-refractivity contribution in [2.75, 3.05) is 20.8 Å². The second-order valence-electron chi connectivity index (χ2n) is 5.40. The van der Waals surface area contributed by atoms with Crippen LogP contribution in [0, 0.1) is 0 Å². The molecule has 0 amide bonds. The van der Waals surface area contributed by atoms with Crippen molar-refractivity contribution in [2.45, 2.75) is 45.7 Å². The third-order valence-corrected chi connectivity index (χ3v) is 4.77. The predicted octanol–water partition coefficient (Wildman–Crippen LogP) is 4.38. The predicted molar refractivity (Wildman–Crippen MR) is 87.8 cm³/mol. The Balaban J connectivity index is 2.65. The molecule has 0 atom stereocenters. The Morgan fingerprint density at radius 3 is 2.10 bits per heavy atom. The summed E-state index contributed by atoms with van der Waals surface area (Å²) in [7, 11) is 0.994. The van der Waals surface area contributed by atoms with Crippen LogP contribution in [0.3, 0.4) is 0 Å². The molecule has 0 aliphatic heterocycles. The first kappa shape index (κ1) is 17.8. The van der Waals surface area contributed by atoms with Crippen LogP contribution in [0.1, 0.15) is 32.6 Å². The van der Waals surface area contributed by atoms with Gasteiger partial charge in [-0.1, -0.05) is 32.3 Å². The van der Waals surface area contributed by atoms with Crippen LogP contribution < -0.4 is 13.9 Å². The molecule has 0 spiro atoms. The van der Waals surface area contributed by atoms with Crippen LogP contribution >= 0.6 is 0 Å². The number of para-hydroxylation sites is 1. The lowest BCUT2D eigenvalue weighted by molar-refractivity contribution is 0.234. The molecule has 120 valence electrons. The second-order valence-corrected chi connectivity index (χ2v) is 8.70. The topological polar surface area (TPSA) is 36.9 Å². The van der Waals surface area contributed by atoms with E-state index in [4.69, 9.17) is 18.3 Å². The number of benzene rings is 1. The molecular weight excluding hydrogens is 284 g/mol. The van der Waals surface area contributed by atoms with Crippen LogP contribution in [0.2, 0.25) is 13.1 Å². The fraction of sp³-hybridized carbons (Fsp3) is 0.625. The first-order valence-corrected chi connectivity index (χ1v) is 10.4. The largest absolute Gasteiger partial charge is 0.515 e. The lowest BCUT2D eigenvalue weighted by Gasteiger charge is -2.26. The smallest absolute Gasteiger partial charge is 0.392 e. The number of ether oxygens (including phenoxy) is 2. The van der Waals surface area contributed by atoms with Crippen molar-refractivity contribution >= 4 is 8.56 Å². The standard InChI is InChI=1S/C16H28O4Si/c1-6-7-8-9-13-19-21(4,5)20-16-14(17-2)11-10-12-15(16)18-3/h10-12H,6-9,13H2,1-5H3. The van der Waals surface area contributed by atoms with Gasteiger partial charge < -0.3 is 18.3 Å². The minimum atomic E-state index is -2.26. The first-order valence-electron chi connectivity index (χ1n) is 7.58. The Bertz CT molecular complexity index is 398. The minimum absolute atomic E-state index is 0.632. The molecule has 4 nitrogen and oxygen atoms in total. The average Bonchev–Trinajstić information content (AvgIpc) is 2.46. The van der Waals surface area contributed by atoms with E-state index in [1.54, 1.807) is 14.2 Å². The van der Waals surface area contributed by atoms with Gasteiger partial charge in [-0.2, -0.15) is 0 Å². The fourth-order valence-electron chi connectivity index (χ4n) is 2.04. The molecule has 0 aromatic heterocycles. The molecule has 1 aromatic rings. The van der Waals surface area contributed by atoms with Crippen LogP contribution in [0.15, 0.2) is 18.2 Å². The van der Waals surface area contributed by atoms with Gasteiger partial charge >= 0.3 is 8.56 Å². The molecule has 21 heavy (non-hydrogen) atoms. The van der Waals surface area contributed by atoms with Gasteiger partial charge in [0, 0.05) is 6.61 Å². The highest BCUT2D eigenvalue weighted by Crippen LogP contribution is 2.38. The number of unbranched alkanes of at least 4 members (excludes halogenated alkanes) is 3. The van der Waals surface area contributed by atoms with Gasteiger partial charge in [-0.25, -0.2) is 0 Å². The van der Waals surface area contributed by atoms with Crippen molar-refractivity contribution in [1.29, 1.82) is 0 Å². The third-order valence-electron chi connectivity index (χ3n) is 3.18. The molecule has 0 bridgehead atoms. The summed E-state index contributed by atoms with van der Waals surface area (Å²) in [5.41, 5.74) is 0. The maximum atomic E-state index is 6.12. The fourth-order valence-corrected chi connectivity index (χ4v) is 3.43. The normalized spacial score (nSPS) is 11.3. The highest BCUT2D eigenvalue weighted by atomic mass is 28.4. The van der Waals surface area contributed by atoms with E-state index >= 15 is 0 Å². The van der Waals surface area contributed by atoms with Crippen molar-refractivity contribution in [2.24, 2.45) is 0 Å². The summed E-state index contributed by atoms with van der Waals surface area (Å²) in [6.45, 7) is 7.03. The summed E-state index contributed by atoms with van der Waals surface area (Å²) in [6, 6.07) is 5.61. The molecule has 0 aliphatic carbocycles. The van der Waals surface area contributed by atoms with E-state index in [2.05, 4.69) is 6.92 Å². The van der Waals surface area contributed by atoms with Gasteiger partial charge in [0.2, 0.25) is 0 Å². The minimum Gasteiger partial charge on any atom is -0.515 e. The molecule has 1 rings (SSSR count). The average molecular weight is 312 g/mol. The van der Waals surface area contributed by atoms with E-state index in [1.165, 1.54) is 19.3 Å². The van der Waals surface area contributed by atoms with Crippen molar-refractivity contribution in [3.05, 3.63) is 18.2 Å². The maximum Gasteiger partial charge on any atom is 0.392 e. The van der Waals surface area contributed by atoms with Crippen molar-refractivity contribution in [3.8, 4) is 17.2 Å². The van der Waals surface area contributed by atoms with Crippen LogP contribution in [0.4, 0.5) is 0 Å². The van der Waals surface area contributed by atoms with Gasteiger partial charge in [0.1, 0.15) is 0 Å². The molecule has 0 radical (unpaired) electrons. The summed E-state index contributed by atoms with van der Waals surface area (Å²) in [5.74, 6) is 1.97. The monoisotopic (exact) mass is 312 g/mol. The highest BCUT2D eigenvalue weighted by Gasteiger charge is 2.29. The molecule has 0 saturated carbocycles. The van der Waals surface area contributed by atoms with Crippen molar-refractivity contribution in [1.82, 2.24) is 0 Å². The van der Waals surface area contributed by atoms with Crippen LogP contribution in [-0.4, -0.2) is 29.4 Å². The molecule has 0 fully saturated rings. The number of methoxy groups -OCH3 is 2. The SMILES string of the molecule is CCCCCCO[Si](C)(C)Oc1c(OC)cccc1OC. The Hall–Kier alpha value is -1.20. The van der Waals surface area contributed by atoms with E-state index in [-0.39, 0.29) is 0 Å². The Labute approximate surface area is 129 Å². The Kier molecular flexibility index (Phi) is 7.60. The molecule has 0 N–H and O–H groups in total. The molecule has 5 heteroatoms. The summed E-state index contributed by atoms with van der Waals surface area (Å²) >= 11 is 0. The Morgan fingerprint density at radius 1 is 0.952 bits per heavy atom. The molecular formula is C16H28O4Si. The van der Waals surface area contributed by atoms with E-state index in [0.717, 1.165) is 13.0 Å². The van der Waals surface area contributed by atoms with Crippen molar-refractivity contribution < 1.29 is 18.3 Å². The summed E-state index contributed by atoms with van der Waals surface area (Å²) in [6.07, 6.45) is 4.78. The van der Waals surface area contributed by atoms with Crippen molar-refractivity contribution in [3.63, 3.8) is 0 Å². The second kappa shape index (κ2) is 8.95. The number of hydrogen-bond acceptors (Lipinski definition) is 4. The molecule has 0 unspecified atom stereocenters. The quantitative estimate of drug-likeness (QED) is 0.474. The zero-order valence-corrected chi connectivity index (χ0v) is 14.9. The lowest BCUT2D eigenvalue weighted by Crippen LogP contribution is -2.38. The molecule has 1 aromatic carbocycles. The van der Waals surface area contributed by atoms with Gasteiger partial charge in [0.05, 0.1) is 14.2 Å². The van der Waals surface area contributed by atoms with Gasteiger partial charge in [0.25, 0.3) is 0 Å². The van der Waals surface area contributed by atoms with Gasteiger partial charge in [0.15, 0.2) is 17.2 Å². The number of rotatable bonds is 10. The zero-order chi connectivity index (χ0) is 15.7. The first-order chi connectivity index (χ1) is 10.0. The summed E-state index contributed by atoms with van der Waals surface area (Å²) in [5, 5.41) is 0. The van der Waals surface area contributed by atoms with Gasteiger partial charge in [-0.15, -0.1) is 0 Å². The lowest BCUT2D eigenvalue weighted by atomic mass is 10.2. The van der Waals surface area contributed by atoms with Crippen LogP contribution in [0.5, 0.6) is 17.2 Å². The Morgan fingerprint density at radius 2 is 1.57 bits per heavy atom. The van der Waals surface area contributed by atoms with Crippen LogP contribution in [0.25, 0.3) is 0 Å². The van der Waals surface area contributed by atoms with Gasteiger partial charge in [-0.3, -0.25) is 0 Å². The zero-order valence-electron chi connectivity index (χ0n) is 13.9. The third kappa shape index (κ3) is 5.97. The summed E-state index contributed by atoms with van der Waals surface area (Å²) in [4.78, 5) is 0. The van der Waals surface area contributed by atoms with Crippen LogP contribution in [-0.2, 0) is 4.43 Å². The highest BCUT2D eigenvalue weighted by molar-refractivity contribution is 6.65. The summed E-state index contributed by atoms with van der Waals surface area (Å²) < 4.78 is 22.8. The van der Waals surface area contributed by atoms with E-state index < -0.39 is 8.56 Å². The van der Waals surface area contributed by atoms with E-state index in [1.807, 2.05) is 31.3 Å².